The maximum absolute atomic E-state index is 12.8. The third-order valence-corrected chi connectivity index (χ3v) is 6.50. The summed E-state index contributed by atoms with van der Waals surface area (Å²) in [6, 6.07) is 4.96. The van der Waals surface area contributed by atoms with Crippen LogP contribution in [-0.4, -0.2) is 58.1 Å². The van der Waals surface area contributed by atoms with Gasteiger partial charge in [-0.3, -0.25) is 4.79 Å². The monoisotopic (exact) mass is 398 g/mol. The van der Waals surface area contributed by atoms with Crippen LogP contribution in [0.1, 0.15) is 38.7 Å². The molecule has 0 spiro atoms. The molecular weight excluding hydrogens is 368 g/mol. The molecule has 1 aromatic rings. The second-order valence-electron chi connectivity index (χ2n) is 6.75. The van der Waals surface area contributed by atoms with Crippen molar-refractivity contribution < 1.29 is 22.7 Å². The van der Waals surface area contributed by atoms with Crippen LogP contribution in [0.3, 0.4) is 0 Å². The molecule has 1 amide bonds. The Morgan fingerprint density at radius 3 is 2.67 bits per heavy atom. The molecule has 0 aromatic heterocycles. The minimum Gasteiger partial charge on any atom is -0.496 e. The van der Waals surface area contributed by atoms with Gasteiger partial charge in [-0.1, -0.05) is 13.3 Å². The maximum Gasteiger partial charge on any atom is 0.243 e. The minimum absolute atomic E-state index is 0.0422. The van der Waals surface area contributed by atoms with E-state index >= 15 is 0 Å². The number of methoxy groups -OCH3 is 1. The lowest BCUT2D eigenvalue weighted by Gasteiger charge is -2.26. The SMILES string of the molecule is CCCC(C)NC(=O)CCc1cc(S(=O)(=O)N2CCOCC2)ccc1OC. The Morgan fingerprint density at radius 2 is 2.04 bits per heavy atom. The van der Waals surface area contributed by atoms with Gasteiger partial charge in [-0.2, -0.15) is 4.31 Å². The standard InChI is InChI=1S/C19H30N2O5S/c1-4-5-15(2)20-19(22)9-6-16-14-17(7-8-18(16)25-3)27(23,24)21-10-12-26-13-11-21/h7-8,14-15H,4-6,9-13H2,1-3H3,(H,20,22). The summed E-state index contributed by atoms with van der Waals surface area (Å²) in [5, 5.41) is 2.96. The number of amides is 1. The van der Waals surface area contributed by atoms with Crippen LogP contribution in [0.5, 0.6) is 5.75 Å². The highest BCUT2D eigenvalue weighted by Gasteiger charge is 2.27. The van der Waals surface area contributed by atoms with E-state index in [-0.39, 0.29) is 23.3 Å². The van der Waals surface area contributed by atoms with Gasteiger partial charge in [0.1, 0.15) is 5.75 Å². The van der Waals surface area contributed by atoms with Crippen molar-refractivity contribution in [1.82, 2.24) is 9.62 Å². The van der Waals surface area contributed by atoms with Crippen molar-refractivity contribution in [2.45, 2.75) is 50.5 Å². The van der Waals surface area contributed by atoms with E-state index in [2.05, 4.69) is 12.2 Å². The summed E-state index contributed by atoms with van der Waals surface area (Å²) in [6.45, 7) is 5.56. The Hall–Kier alpha value is -1.64. The average Bonchev–Trinajstić information content (AvgIpc) is 2.67. The average molecular weight is 399 g/mol. The zero-order valence-corrected chi connectivity index (χ0v) is 17.2. The molecule has 0 aliphatic carbocycles. The minimum atomic E-state index is -3.58. The first-order chi connectivity index (χ1) is 12.9. The second-order valence-corrected chi connectivity index (χ2v) is 8.69. The Morgan fingerprint density at radius 1 is 1.33 bits per heavy atom. The molecule has 0 saturated carbocycles. The molecule has 1 aliphatic heterocycles. The van der Waals surface area contributed by atoms with Crippen LogP contribution in [0.25, 0.3) is 0 Å². The number of nitrogens with one attached hydrogen (secondary N) is 1. The van der Waals surface area contributed by atoms with Crippen LogP contribution in [0.4, 0.5) is 0 Å². The van der Waals surface area contributed by atoms with Gasteiger partial charge in [0.2, 0.25) is 15.9 Å². The van der Waals surface area contributed by atoms with Gasteiger partial charge in [0, 0.05) is 25.6 Å². The van der Waals surface area contributed by atoms with E-state index in [4.69, 9.17) is 9.47 Å². The first-order valence-corrected chi connectivity index (χ1v) is 10.9. The summed E-state index contributed by atoms with van der Waals surface area (Å²) >= 11 is 0. The molecule has 1 saturated heterocycles. The lowest BCUT2D eigenvalue weighted by molar-refractivity contribution is -0.121. The summed E-state index contributed by atoms with van der Waals surface area (Å²) in [6.07, 6.45) is 2.64. The van der Waals surface area contributed by atoms with Gasteiger partial charge in [0.25, 0.3) is 0 Å². The number of carbonyl (C=O) groups excluding carboxylic acids is 1. The lowest BCUT2D eigenvalue weighted by Crippen LogP contribution is -2.40. The zero-order chi connectivity index (χ0) is 19.9. The largest absolute Gasteiger partial charge is 0.496 e. The third-order valence-electron chi connectivity index (χ3n) is 4.61. The van der Waals surface area contributed by atoms with E-state index in [1.807, 2.05) is 6.92 Å². The molecule has 7 nitrogen and oxygen atoms in total. The second kappa shape index (κ2) is 10.1. The Labute approximate surface area is 162 Å². The number of benzene rings is 1. The molecule has 1 unspecified atom stereocenters. The van der Waals surface area contributed by atoms with E-state index in [9.17, 15) is 13.2 Å². The summed E-state index contributed by atoms with van der Waals surface area (Å²) in [5.74, 6) is 0.546. The van der Waals surface area contributed by atoms with Crippen molar-refractivity contribution in [2.24, 2.45) is 0 Å². The first-order valence-electron chi connectivity index (χ1n) is 9.42. The fourth-order valence-corrected chi connectivity index (χ4v) is 4.61. The molecule has 2 rings (SSSR count). The van der Waals surface area contributed by atoms with Crippen LogP contribution in [0.2, 0.25) is 0 Å². The molecule has 1 fully saturated rings. The van der Waals surface area contributed by atoms with Gasteiger partial charge >= 0.3 is 0 Å². The van der Waals surface area contributed by atoms with Gasteiger partial charge in [-0.15, -0.1) is 0 Å². The van der Waals surface area contributed by atoms with Crippen molar-refractivity contribution >= 4 is 15.9 Å². The molecule has 1 heterocycles. The van der Waals surface area contributed by atoms with Crippen LogP contribution >= 0.6 is 0 Å². The van der Waals surface area contributed by atoms with Crippen molar-refractivity contribution in [2.75, 3.05) is 33.4 Å². The number of ether oxygens (including phenoxy) is 2. The topological polar surface area (TPSA) is 84.9 Å². The maximum atomic E-state index is 12.8. The Kier molecular flexibility index (Phi) is 8.07. The van der Waals surface area contributed by atoms with Crippen molar-refractivity contribution in [3.05, 3.63) is 23.8 Å². The number of hydrogen-bond acceptors (Lipinski definition) is 5. The quantitative estimate of drug-likeness (QED) is 0.687. The van der Waals surface area contributed by atoms with Gasteiger partial charge in [-0.05, 0) is 43.5 Å². The number of rotatable bonds is 9. The van der Waals surface area contributed by atoms with Crippen LogP contribution in [-0.2, 0) is 26.0 Å². The normalized spacial score (nSPS) is 16.7. The van der Waals surface area contributed by atoms with Gasteiger partial charge in [0.05, 0.1) is 25.2 Å². The van der Waals surface area contributed by atoms with E-state index in [1.54, 1.807) is 25.3 Å². The highest BCUT2D eigenvalue weighted by atomic mass is 32.2. The molecule has 1 N–H and O–H groups in total. The van der Waals surface area contributed by atoms with Crippen LogP contribution in [0, 0.1) is 0 Å². The summed E-state index contributed by atoms with van der Waals surface area (Å²) in [7, 11) is -2.04. The van der Waals surface area contributed by atoms with Crippen LogP contribution < -0.4 is 10.1 Å². The fourth-order valence-electron chi connectivity index (χ4n) is 3.15. The van der Waals surface area contributed by atoms with Gasteiger partial charge in [-0.25, -0.2) is 8.42 Å². The summed E-state index contributed by atoms with van der Waals surface area (Å²) in [5.41, 5.74) is 0.713. The number of sulfonamides is 1. The number of carbonyl (C=O) groups is 1. The van der Waals surface area contributed by atoms with E-state index in [0.717, 1.165) is 12.8 Å². The van der Waals surface area contributed by atoms with Crippen LogP contribution in [0.15, 0.2) is 23.1 Å². The number of aryl methyl sites for hydroxylation is 1. The Bertz CT molecular complexity index is 730. The molecule has 8 heteroatoms. The number of nitrogens with zero attached hydrogens (tertiary/aromatic N) is 1. The lowest BCUT2D eigenvalue weighted by atomic mass is 10.1. The molecule has 0 bridgehead atoms. The highest BCUT2D eigenvalue weighted by Crippen LogP contribution is 2.26. The smallest absolute Gasteiger partial charge is 0.243 e. The number of hydrogen-bond donors (Lipinski definition) is 1. The summed E-state index contributed by atoms with van der Waals surface area (Å²) in [4.78, 5) is 12.4. The van der Waals surface area contributed by atoms with E-state index < -0.39 is 10.0 Å². The predicted molar refractivity (Wildman–Crippen MR) is 103 cm³/mol. The van der Waals surface area contributed by atoms with Gasteiger partial charge < -0.3 is 14.8 Å². The zero-order valence-electron chi connectivity index (χ0n) is 16.4. The Balaban J connectivity index is 2.11. The summed E-state index contributed by atoms with van der Waals surface area (Å²) < 4.78 is 37.7. The van der Waals surface area contributed by atoms with Gasteiger partial charge in [0.15, 0.2) is 0 Å². The predicted octanol–water partition coefficient (Wildman–Crippen LogP) is 1.95. The van der Waals surface area contributed by atoms with E-state index in [0.29, 0.717) is 44.0 Å². The molecule has 152 valence electrons. The molecule has 1 atom stereocenters. The van der Waals surface area contributed by atoms with Crippen molar-refractivity contribution in [3.8, 4) is 5.75 Å². The van der Waals surface area contributed by atoms with Crippen molar-refractivity contribution in [3.63, 3.8) is 0 Å². The highest BCUT2D eigenvalue weighted by molar-refractivity contribution is 7.89. The number of morpholine rings is 1. The van der Waals surface area contributed by atoms with Crippen molar-refractivity contribution in [1.29, 1.82) is 0 Å². The molecular formula is C19H30N2O5S. The molecule has 27 heavy (non-hydrogen) atoms. The van der Waals surface area contributed by atoms with E-state index in [1.165, 1.54) is 4.31 Å². The third kappa shape index (κ3) is 5.92. The fraction of sp³-hybridized carbons (Fsp3) is 0.632. The molecule has 0 radical (unpaired) electrons. The molecule has 1 aromatic carbocycles. The first kappa shape index (κ1) is 21.7. The molecule has 1 aliphatic rings.